The van der Waals surface area contributed by atoms with E-state index in [9.17, 15) is 0 Å². The third-order valence-corrected chi connectivity index (χ3v) is 3.90. The molecule has 2 N–H and O–H groups in total. The summed E-state index contributed by atoms with van der Waals surface area (Å²) in [5.41, 5.74) is 3.08. The quantitative estimate of drug-likeness (QED) is 0.439. The van der Waals surface area contributed by atoms with E-state index in [1.165, 1.54) is 0 Å². The van der Waals surface area contributed by atoms with Crippen molar-refractivity contribution in [2.24, 2.45) is 0 Å². The molecule has 120 valence electrons. The Labute approximate surface area is 139 Å². The monoisotopic (exact) mass is 319 g/mol. The van der Waals surface area contributed by atoms with Gasteiger partial charge in [-0.05, 0) is 36.2 Å². The number of hydrogen-bond acceptors (Lipinski definition) is 3. The molecule has 0 saturated carbocycles. The second-order valence-electron chi connectivity index (χ2n) is 5.70. The molecule has 0 aliphatic heterocycles. The van der Waals surface area contributed by atoms with Crippen molar-refractivity contribution in [3.05, 3.63) is 66.4 Å². The Hall–Kier alpha value is -3.08. The van der Waals surface area contributed by atoms with Crippen molar-refractivity contribution in [2.75, 3.05) is 18.5 Å². The van der Waals surface area contributed by atoms with Crippen LogP contribution in [0.15, 0.2) is 60.7 Å². The van der Waals surface area contributed by atoms with Crippen LogP contribution in [0.25, 0.3) is 16.6 Å². The first-order chi connectivity index (χ1) is 11.8. The minimum atomic E-state index is 0.581. The molecule has 0 spiro atoms. The summed E-state index contributed by atoms with van der Waals surface area (Å²) in [5, 5.41) is 7.80. The van der Waals surface area contributed by atoms with Gasteiger partial charge in [0.05, 0.1) is 23.7 Å². The van der Waals surface area contributed by atoms with Crippen molar-refractivity contribution in [3.8, 4) is 5.75 Å². The van der Waals surface area contributed by atoms with Gasteiger partial charge in [-0.15, -0.1) is 4.52 Å². The maximum absolute atomic E-state index is 5.73. The SMILES string of the molecule is Cc1cc2nc(NCCOc3ccccc3)c3ccccc3[n+]2[nH]1. The van der Waals surface area contributed by atoms with Crippen LogP contribution in [-0.2, 0) is 0 Å². The Morgan fingerprint density at radius 3 is 2.75 bits per heavy atom. The summed E-state index contributed by atoms with van der Waals surface area (Å²) >= 11 is 0. The molecule has 0 fully saturated rings. The smallest absolute Gasteiger partial charge is 0.351 e. The van der Waals surface area contributed by atoms with Crippen molar-refractivity contribution < 1.29 is 9.25 Å². The summed E-state index contributed by atoms with van der Waals surface area (Å²) in [5.74, 6) is 1.76. The Balaban J connectivity index is 1.56. The molecule has 0 atom stereocenters. The maximum atomic E-state index is 5.73. The molecule has 24 heavy (non-hydrogen) atoms. The fourth-order valence-corrected chi connectivity index (χ4v) is 2.82. The van der Waals surface area contributed by atoms with Crippen LogP contribution in [0.1, 0.15) is 5.69 Å². The number of benzene rings is 2. The molecule has 0 amide bonds. The van der Waals surface area contributed by atoms with E-state index in [2.05, 4.69) is 22.5 Å². The Bertz CT molecular complexity index is 979. The van der Waals surface area contributed by atoms with Gasteiger partial charge in [0, 0.05) is 0 Å². The van der Waals surface area contributed by atoms with Crippen molar-refractivity contribution in [1.82, 2.24) is 10.1 Å². The molecule has 5 heteroatoms. The van der Waals surface area contributed by atoms with Gasteiger partial charge in [-0.3, -0.25) is 0 Å². The highest BCUT2D eigenvalue weighted by molar-refractivity contribution is 5.87. The summed E-state index contributed by atoms with van der Waals surface area (Å²) in [6, 6.07) is 20.1. The molecule has 0 radical (unpaired) electrons. The highest BCUT2D eigenvalue weighted by Crippen LogP contribution is 2.19. The molecule has 0 unspecified atom stereocenters. The molecular weight excluding hydrogens is 300 g/mol. The molecule has 2 aromatic heterocycles. The lowest BCUT2D eigenvalue weighted by Crippen LogP contribution is -2.26. The minimum absolute atomic E-state index is 0.581. The highest BCUT2D eigenvalue weighted by Gasteiger charge is 2.17. The fourth-order valence-electron chi connectivity index (χ4n) is 2.82. The topological polar surface area (TPSA) is 54.0 Å². The van der Waals surface area contributed by atoms with Crippen molar-refractivity contribution in [2.45, 2.75) is 6.92 Å². The predicted molar refractivity (Wildman–Crippen MR) is 94.4 cm³/mol. The van der Waals surface area contributed by atoms with Crippen LogP contribution in [0.5, 0.6) is 5.75 Å². The molecular formula is C19H19N4O+. The zero-order valence-electron chi connectivity index (χ0n) is 13.5. The summed E-state index contributed by atoms with van der Waals surface area (Å²) < 4.78 is 7.74. The van der Waals surface area contributed by atoms with Gasteiger partial charge in [0.15, 0.2) is 5.52 Å². The number of rotatable bonds is 5. The van der Waals surface area contributed by atoms with Gasteiger partial charge in [-0.2, -0.15) is 0 Å². The summed E-state index contributed by atoms with van der Waals surface area (Å²) in [4.78, 5) is 4.73. The number of fused-ring (bicyclic) bond motifs is 3. The second-order valence-corrected chi connectivity index (χ2v) is 5.70. The Kier molecular flexibility index (Phi) is 3.75. The average molecular weight is 319 g/mol. The zero-order chi connectivity index (χ0) is 16.4. The van der Waals surface area contributed by atoms with Gasteiger partial charge >= 0.3 is 5.65 Å². The largest absolute Gasteiger partial charge is 0.492 e. The molecule has 5 nitrogen and oxygen atoms in total. The van der Waals surface area contributed by atoms with Crippen molar-refractivity contribution in [1.29, 1.82) is 0 Å². The van der Waals surface area contributed by atoms with Gasteiger partial charge in [0.2, 0.25) is 0 Å². The first-order valence-corrected chi connectivity index (χ1v) is 8.03. The average Bonchev–Trinajstić information content (AvgIpc) is 3.00. The zero-order valence-corrected chi connectivity index (χ0v) is 13.5. The summed E-state index contributed by atoms with van der Waals surface area (Å²) in [7, 11) is 0. The molecule has 0 aliphatic rings. The molecule has 0 aliphatic carbocycles. The first kappa shape index (κ1) is 14.5. The third kappa shape index (κ3) is 2.76. The fraction of sp³-hybridized carbons (Fsp3) is 0.158. The van der Waals surface area contributed by atoms with Crippen molar-refractivity contribution >= 4 is 22.4 Å². The highest BCUT2D eigenvalue weighted by atomic mass is 16.5. The molecule has 4 aromatic rings. The van der Waals surface area contributed by atoms with E-state index in [0.717, 1.165) is 33.8 Å². The van der Waals surface area contributed by atoms with Crippen LogP contribution in [0, 0.1) is 6.92 Å². The van der Waals surface area contributed by atoms with Crippen LogP contribution >= 0.6 is 0 Å². The van der Waals surface area contributed by atoms with E-state index >= 15 is 0 Å². The van der Waals surface area contributed by atoms with Gasteiger partial charge in [-0.1, -0.05) is 30.3 Å². The normalized spacial score (nSPS) is 11.0. The summed E-state index contributed by atoms with van der Waals surface area (Å²) in [6.45, 7) is 3.30. The molecule has 0 saturated heterocycles. The number of nitrogens with zero attached hydrogens (tertiary/aromatic N) is 2. The van der Waals surface area contributed by atoms with Gasteiger partial charge in [0.1, 0.15) is 12.4 Å². The molecule has 0 bridgehead atoms. The van der Waals surface area contributed by atoms with Crippen LogP contribution in [0.3, 0.4) is 0 Å². The van der Waals surface area contributed by atoms with Gasteiger partial charge in [-0.25, -0.2) is 5.10 Å². The van der Waals surface area contributed by atoms with E-state index in [0.29, 0.717) is 13.2 Å². The third-order valence-electron chi connectivity index (χ3n) is 3.90. The maximum Gasteiger partial charge on any atom is 0.351 e. The first-order valence-electron chi connectivity index (χ1n) is 8.03. The van der Waals surface area contributed by atoms with Crippen LogP contribution in [0.2, 0.25) is 0 Å². The molecule has 2 aromatic carbocycles. The standard InChI is InChI=1S/C19H18N4O/c1-14-13-18-21-19(16-9-5-6-10-17(16)23(18)22-14)20-11-12-24-15-7-3-2-4-8-15/h2-10,13H,11-12H2,1H3,(H,20,21,22)/p+1. The van der Waals surface area contributed by atoms with Crippen LogP contribution in [-0.4, -0.2) is 23.2 Å². The van der Waals surface area contributed by atoms with Crippen LogP contribution in [0.4, 0.5) is 5.82 Å². The predicted octanol–water partition coefficient (Wildman–Crippen LogP) is 3.10. The van der Waals surface area contributed by atoms with E-state index in [1.54, 1.807) is 0 Å². The lowest BCUT2D eigenvalue weighted by Gasteiger charge is -2.07. The number of H-pyrrole nitrogens is 1. The number of hydrogen-bond donors (Lipinski definition) is 2. The Morgan fingerprint density at radius 1 is 1.08 bits per heavy atom. The lowest BCUT2D eigenvalue weighted by atomic mass is 10.2. The van der Waals surface area contributed by atoms with Crippen LogP contribution < -0.4 is 14.6 Å². The van der Waals surface area contributed by atoms with E-state index < -0.39 is 0 Å². The number of aromatic nitrogens is 3. The van der Waals surface area contributed by atoms with Crippen molar-refractivity contribution in [3.63, 3.8) is 0 Å². The van der Waals surface area contributed by atoms with E-state index in [4.69, 9.17) is 9.72 Å². The molecule has 2 heterocycles. The Morgan fingerprint density at radius 2 is 1.88 bits per heavy atom. The molecule has 4 rings (SSSR count). The number of nitrogens with one attached hydrogen (secondary N) is 2. The lowest BCUT2D eigenvalue weighted by molar-refractivity contribution is -0.551. The number of aryl methyl sites for hydroxylation is 1. The number of aromatic amines is 1. The number of para-hydroxylation sites is 2. The van der Waals surface area contributed by atoms with Gasteiger partial charge < -0.3 is 10.1 Å². The number of ether oxygens (including phenoxy) is 1. The minimum Gasteiger partial charge on any atom is -0.492 e. The number of anilines is 1. The summed E-state index contributed by atoms with van der Waals surface area (Å²) in [6.07, 6.45) is 0. The second kappa shape index (κ2) is 6.20. The van der Waals surface area contributed by atoms with E-state index in [1.807, 2.05) is 60.0 Å². The van der Waals surface area contributed by atoms with Gasteiger partial charge in [0.25, 0.3) is 5.82 Å². The van der Waals surface area contributed by atoms with E-state index in [-0.39, 0.29) is 0 Å².